The van der Waals surface area contributed by atoms with Crippen molar-refractivity contribution < 1.29 is 14.6 Å². The van der Waals surface area contributed by atoms with Crippen LogP contribution in [-0.4, -0.2) is 23.1 Å². The first-order valence-corrected chi connectivity index (χ1v) is 7.15. The number of carbonyl (C=O) groups excluding carboxylic acids is 1. The lowest BCUT2D eigenvalue weighted by molar-refractivity contribution is -0.116. The summed E-state index contributed by atoms with van der Waals surface area (Å²) >= 11 is 0. The topological polar surface area (TPSA) is 71.5 Å². The average molecular weight is 300 g/mol. The van der Waals surface area contributed by atoms with Crippen molar-refractivity contribution in [1.82, 2.24) is 4.98 Å². The van der Waals surface area contributed by atoms with E-state index in [-0.39, 0.29) is 5.91 Å². The summed E-state index contributed by atoms with van der Waals surface area (Å²) < 4.78 is 5.11. The van der Waals surface area contributed by atoms with Crippen LogP contribution in [0.25, 0.3) is 0 Å². The second-order valence-corrected chi connectivity index (χ2v) is 5.04. The first-order valence-electron chi connectivity index (χ1n) is 7.15. The van der Waals surface area contributed by atoms with Crippen molar-refractivity contribution in [2.75, 3.05) is 12.4 Å². The molecule has 2 N–H and O–H groups in total. The summed E-state index contributed by atoms with van der Waals surface area (Å²) in [5.41, 5.74) is 2.29. The number of hydrogen-bond donors (Lipinski definition) is 2. The van der Waals surface area contributed by atoms with E-state index in [0.717, 1.165) is 5.56 Å². The molecule has 1 unspecified atom stereocenters. The molecule has 0 aliphatic rings. The maximum atomic E-state index is 12.1. The van der Waals surface area contributed by atoms with Gasteiger partial charge in [0, 0.05) is 23.9 Å². The van der Waals surface area contributed by atoms with Crippen molar-refractivity contribution in [3.63, 3.8) is 0 Å². The van der Waals surface area contributed by atoms with Crippen molar-refractivity contribution >= 4 is 11.6 Å². The molecular formula is C17H20N2O3. The zero-order valence-corrected chi connectivity index (χ0v) is 12.7. The number of nitrogens with one attached hydrogen (secondary N) is 1. The van der Waals surface area contributed by atoms with Crippen LogP contribution in [-0.2, 0) is 11.2 Å². The highest BCUT2D eigenvalue weighted by molar-refractivity contribution is 5.91. The number of aromatic nitrogens is 1. The van der Waals surface area contributed by atoms with E-state index in [0.29, 0.717) is 29.8 Å². The number of aliphatic hydroxyl groups is 1. The number of hydrogen-bond acceptors (Lipinski definition) is 4. The number of aliphatic hydroxyl groups excluding tert-OH is 1. The number of benzene rings is 1. The van der Waals surface area contributed by atoms with E-state index < -0.39 is 6.10 Å². The minimum atomic E-state index is -0.626. The predicted molar refractivity (Wildman–Crippen MR) is 84.8 cm³/mol. The van der Waals surface area contributed by atoms with Gasteiger partial charge in [0.2, 0.25) is 5.91 Å². The molecule has 0 aliphatic carbocycles. The third-order valence-electron chi connectivity index (χ3n) is 3.33. The third-order valence-corrected chi connectivity index (χ3v) is 3.33. The zero-order chi connectivity index (χ0) is 15.9. The number of amides is 1. The molecule has 0 aliphatic heterocycles. The van der Waals surface area contributed by atoms with E-state index >= 15 is 0 Å². The Morgan fingerprint density at radius 1 is 1.36 bits per heavy atom. The number of methoxy groups -OCH3 is 1. The minimum absolute atomic E-state index is 0.101. The molecule has 1 aromatic carbocycles. The average Bonchev–Trinajstić information content (AvgIpc) is 2.53. The fourth-order valence-electron chi connectivity index (χ4n) is 2.16. The molecule has 0 radical (unpaired) electrons. The van der Waals surface area contributed by atoms with Crippen LogP contribution in [0.3, 0.4) is 0 Å². The Balaban J connectivity index is 1.96. The molecule has 116 valence electrons. The second-order valence-electron chi connectivity index (χ2n) is 5.04. The number of ether oxygens (including phenoxy) is 1. The molecule has 1 heterocycles. The van der Waals surface area contributed by atoms with Gasteiger partial charge in [0.05, 0.1) is 19.4 Å². The molecule has 1 amide bonds. The van der Waals surface area contributed by atoms with Gasteiger partial charge in [0.25, 0.3) is 0 Å². The van der Waals surface area contributed by atoms with Gasteiger partial charge in [-0.15, -0.1) is 0 Å². The van der Waals surface area contributed by atoms with Crippen LogP contribution >= 0.6 is 0 Å². The summed E-state index contributed by atoms with van der Waals surface area (Å²) in [6.45, 7) is 1.67. The number of carbonyl (C=O) groups is 1. The first kappa shape index (κ1) is 16.0. The monoisotopic (exact) mass is 300 g/mol. The number of nitrogens with zero attached hydrogens (tertiary/aromatic N) is 1. The van der Waals surface area contributed by atoms with Crippen LogP contribution in [0.5, 0.6) is 5.75 Å². The Kier molecular flexibility index (Phi) is 5.49. The lowest BCUT2D eigenvalue weighted by atomic mass is 10.1. The predicted octanol–water partition coefficient (Wildman–Crippen LogP) is 2.71. The number of pyridine rings is 1. The van der Waals surface area contributed by atoms with E-state index in [1.54, 1.807) is 38.6 Å². The first-order chi connectivity index (χ1) is 10.6. The maximum Gasteiger partial charge on any atom is 0.224 e. The lowest BCUT2D eigenvalue weighted by Crippen LogP contribution is -2.14. The standard InChI is InChI=1S/C17H20N2O3/c1-12(20)15-5-3-4-6-16(15)19-17(21)8-7-13-9-14(22-2)11-18-10-13/h3-6,9-12,20H,7-8H2,1-2H3,(H,19,21). The molecule has 0 bridgehead atoms. The highest BCUT2D eigenvalue weighted by atomic mass is 16.5. The van der Waals surface area contributed by atoms with E-state index in [4.69, 9.17) is 4.74 Å². The summed E-state index contributed by atoms with van der Waals surface area (Å²) in [4.78, 5) is 16.1. The van der Waals surface area contributed by atoms with Crippen LogP contribution < -0.4 is 10.1 Å². The normalized spacial score (nSPS) is 11.8. The van der Waals surface area contributed by atoms with Crippen molar-refractivity contribution in [3.8, 4) is 5.75 Å². The lowest BCUT2D eigenvalue weighted by Gasteiger charge is -2.13. The molecular weight excluding hydrogens is 280 g/mol. The van der Waals surface area contributed by atoms with Crippen molar-refractivity contribution in [2.45, 2.75) is 25.9 Å². The number of aryl methyl sites for hydroxylation is 1. The van der Waals surface area contributed by atoms with Crippen LogP contribution in [0.1, 0.15) is 30.6 Å². The summed E-state index contributed by atoms with van der Waals surface area (Å²) in [7, 11) is 1.58. The Morgan fingerprint density at radius 2 is 2.14 bits per heavy atom. The molecule has 2 aromatic rings. The molecule has 0 saturated carbocycles. The highest BCUT2D eigenvalue weighted by Gasteiger charge is 2.10. The molecule has 1 aromatic heterocycles. The van der Waals surface area contributed by atoms with Gasteiger partial charge in [0.1, 0.15) is 5.75 Å². The van der Waals surface area contributed by atoms with Gasteiger partial charge in [-0.25, -0.2) is 0 Å². The molecule has 0 fully saturated rings. The highest BCUT2D eigenvalue weighted by Crippen LogP contribution is 2.22. The van der Waals surface area contributed by atoms with Gasteiger partial charge in [-0.3, -0.25) is 9.78 Å². The summed E-state index contributed by atoms with van der Waals surface area (Å²) in [5, 5.41) is 12.5. The molecule has 2 rings (SSSR count). The van der Waals surface area contributed by atoms with Crippen molar-refractivity contribution in [1.29, 1.82) is 0 Å². The van der Waals surface area contributed by atoms with Gasteiger partial charge >= 0.3 is 0 Å². The molecule has 0 spiro atoms. The zero-order valence-electron chi connectivity index (χ0n) is 12.7. The summed E-state index contributed by atoms with van der Waals surface area (Å²) in [6.07, 6.45) is 3.64. The molecule has 22 heavy (non-hydrogen) atoms. The van der Waals surface area contributed by atoms with E-state index in [2.05, 4.69) is 10.3 Å². The smallest absolute Gasteiger partial charge is 0.224 e. The van der Waals surface area contributed by atoms with Gasteiger partial charge in [-0.05, 0) is 31.0 Å². The maximum absolute atomic E-state index is 12.1. The third kappa shape index (κ3) is 4.30. The van der Waals surface area contributed by atoms with E-state index in [9.17, 15) is 9.90 Å². The van der Waals surface area contributed by atoms with E-state index in [1.165, 1.54) is 0 Å². The van der Waals surface area contributed by atoms with Crippen molar-refractivity contribution in [3.05, 3.63) is 53.9 Å². The van der Waals surface area contributed by atoms with Gasteiger partial charge < -0.3 is 15.2 Å². The SMILES string of the molecule is COc1cncc(CCC(=O)Nc2ccccc2C(C)O)c1. The van der Waals surface area contributed by atoms with Crippen LogP contribution in [0, 0.1) is 0 Å². The summed E-state index contributed by atoms with van der Waals surface area (Å²) in [5.74, 6) is 0.577. The Bertz CT molecular complexity index is 641. The number of anilines is 1. The van der Waals surface area contributed by atoms with Crippen LogP contribution in [0.15, 0.2) is 42.7 Å². The van der Waals surface area contributed by atoms with Gasteiger partial charge in [-0.2, -0.15) is 0 Å². The molecule has 5 nitrogen and oxygen atoms in total. The minimum Gasteiger partial charge on any atom is -0.495 e. The fourth-order valence-corrected chi connectivity index (χ4v) is 2.16. The van der Waals surface area contributed by atoms with E-state index in [1.807, 2.05) is 18.2 Å². The van der Waals surface area contributed by atoms with Gasteiger partial charge in [0.15, 0.2) is 0 Å². The van der Waals surface area contributed by atoms with Crippen LogP contribution in [0.2, 0.25) is 0 Å². The molecule has 5 heteroatoms. The Morgan fingerprint density at radius 3 is 2.86 bits per heavy atom. The fraction of sp³-hybridized carbons (Fsp3) is 0.294. The van der Waals surface area contributed by atoms with Crippen molar-refractivity contribution in [2.24, 2.45) is 0 Å². The molecule has 0 saturated heterocycles. The number of para-hydroxylation sites is 1. The largest absolute Gasteiger partial charge is 0.495 e. The molecule has 1 atom stereocenters. The van der Waals surface area contributed by atoms with Gasteiger partial charge in [-0.1, -0.05) is 18.2 Å². The Hall–Kier alpha value is -2.40. The quantitative estimate of drug-likeness (QED) is 0.860. The summed E-state index contributed by atoms with van der Waals surface area (Å²) in [6, 6.07) is 9.11. The van der Waals surface area contributed by atoms with Crippen LogP contribution in [0.4, 0.5) is 5.69 Å². The number of rotatable bonds is 6. The Labute approximate surface area is 130 Å². The second kappa shape index (κ2) is 7.56.